The molecule has 142 valence electrons. The Hall–Kier alpha value is -2.21. The van der Waals surface area contributed by atoms with Crippen molar-refractivity contribution in [2.45, 2.75) is 51.9 Å². The molecule has 0 unspecified atom stereocenters. The Kier molecular flexibility index (Phi) is 5.53. The number of hydrogen-bond acceptors (Lipinski definition) is 4. The van der Waals surface area contributed by atoms with Crippen molar-refractivity contribution in [1.82, 2.24) is 14.6 Å². The maximum absolute atomic E-state index is 12.6. The summed E-state index contributed by atoms with van der Waals surface area (Å²) in [5.74, 6) is 1.39. The molecule has 5 nitrogen and oxygen atoms in total. The summed E-state index contributed by atoms with van der Waals surface area (Å²) in [5.41, 5.74) is 2.09. The lowest BCUT2D eigenvalue weighted by Crippen LogP contribution is -2.27. The van der Waals surface area contributed by atoms with Crippen LogP contribution in [0.15, 0.2) is 35.7 Å². The summed E-state index contributed by atoms with van der Waals surface area (Å²) in [6, 6.07) is 10.1. The number of carbonyl (C=O) groups excluding carboxylic acids is 1. The molecule has 27 heavy (non-hydrogen) atoms. The summed E-state index contributed by atoms with van der Waals surface area (Å²) < 4.78 is 1.82. The zero-order valence-electron chi connectivity index (χ0n) is 15.7. The van der Waals surface area contributed by atoms with Crippen LogP contribution in [0.4, 0.5) is 5.95 Å². The van der Waals surface area contributed by atoms with Gasteiger partial charge in [0.15, 0.2) is 0 Å². The predicted molar refractivity (Wildman–Crippen MR) is 110 cm³/mol. The molecular weight excluding hydrogens is 356 g/mol. The second-order valence-electron chi connectivity index (χ2n) is 7.47. The van der Waals surface area contributed by atoms with E-state index in [1.807, 2.05) is 28.1 Å². The van der Waals surface area contributed by atoms with Gasteiger partial charge in [0, 0.05) is 16.9 Å². The maximum atomic E-state index is 12.6. The summed E-state index contributed by atoms with van der Waals surface area (Å²) >= 11 is 1.54. The van der Waals surface area contributed by atoms with Crippen molar-refractivity contribution < 1.29 is 4.79 Å². The number of amides is 1. The highest BCUT2D eigenvalue weighted by Crippen LogP contribution is 2.32. The molecule has 0 atom stereocenters. The van der Waals surface area contributed by atoms with Gasteiger partial charge in [-0.1, -0.05) is 56.5 Å². The monoisotopic (exact) mass is 382 g/mol. The van der Waals surface area contributed by atoms with Gasteiger partial charge in [-0.2, -0.15) is 4.98 Å². The Labute approximate surface area is 163 Å². The van der Waals surface area contributed by atoms with E-state index in [2.05, 4.69) is 34.5 Å². The molecule has 0 aliphatic heterocycles. The molecule has 1 N–H and O–H groups in total. The van der Waals surface area contributed by atoms with Crippen LogP contribution in [0.25, 0.3) is 16.2 Å². The Balaban J connectivity index is 1.41. The summed E-state index contributed by atoms with van der Waals surface area (Å²) in [5, 5.41) is 9.52. The molecule has 1 aromatic carbocycles. The van der Waals surface area contributed by atoms with E-state index in [1.165, 1.54) is 43.4 Å². The minimum absolute atomic E-state index is 0.0726. The molecule has 6 heteroatoms. The summed E-state index contributed by atoms with van der Waals surface area (Å²) in [7, 11) is 0. The first-order valence-electron chi connectivity index (χ1n) is 9.95. The molecule has 1 fully saturated rings. The van der Waals surface area contributed by atoms with Crippen molar-refractivity contribution >= 4 is 28.2 Å². The van der Waals surface area contributed by atoms with Gasteiger partial charge in [0.2, 0.25) is 16.8 Å². The van der Waals surface area contributed by atoms with Crippen molar-refractivity contribution in [2.75, 3.05) is 5.32 Å². The van der Waals surface area contributed by atoms with Gasteiger partial charge < -0.3 is 0 Å². The molecule has 1 amide bonds. The molecule has 2 heterocycles. The van der Waals surface area contributed by atoms with E-state index in [9.17, 15) is 4.79 Å². The van der Waals surface area contributed by atoms with E-state index < -0.39 is 0 Å². The zero-order chi connectivity index (χ0) is 18.6. The first-order valence-corrected chi connectivity index (χ1v) is 10.8. The summed E-state index contributed by atoms with van der Waals surface area (Å²) in [6.45, 7) is 2.24. The first-order chi connectivity index (χ1) is 13.2. The standard InChI is InChI=1S/C21H26N4OS/c1-2-3-7-15-10-12-17(13-11-15)19(26)22-20-23-21-25(24-20)18(14-27-21)16-8-5-4-6-9-16/h4-6,8-9,14-15,17H,2-3,7,10-13H2,1H3,(H,22,24,26). The van der Waals surface area contributed by atoms with Gasteiger partial charge >= 0.3 is 0 Å². The van der Waals surface area contributed by atoms with Crippen LogP contribution in [0.1, 0.15) is 51.9 Å². The number of thiazole rings is 1. The van der Waals surface area contributed by atoms with E-state index >= 15 is 0 Å². The average Bonchev–Trinajstić information content (AvgIpc) is 3.27. The highest BCUT2D eigenvalue weighted by Gasteiger charge is 2.27. The molecule has 0 radical (unpaired) electrons. The van der Waals surface area contributed by atoms with Crippen molar-refractivity contribution in [3.8, 4) is 11.3 Å². The third kappa shape index (κ3) is 4.05. The minimum atomic E-state index is 0.0726. The van der Waals surface area contributed by atoms with Crippen LogP contribution in [0.5, 0.6) is 0 Å². The Morgan fingerprint density at radius 1 is 1.22 bits per heavy atom. The molecule has 1 saturated carbocycles. The van der Waals surface area contributed by atoms with Crippen LogP contribution in [0.2, 0.25) is 0 Å². The van der Waals surface area contributed by atoms with Crippen LogP contribution in [-0.4, -0.2) is 20.5 Å². The van der Waals surface area contributed by atoms with E-state index in [1.54, 1.807) is 0 Å². The Morgan fingerprint density at radius 3 is 2.74 bits per heavy atom. The quantitative estimate of drug-likeness (QED) is 0.621. The first kappa shape index (κ1) is 18.2. The molecule has 1 aliphatic carbocycles. The van der Waals surface area contributed by atoms with Gasteiger partial charge in [-0.05, 0) is 31.6 Å². The van der Waals surface area contributed by atoms with Gasteiger partial charge in [0.05, 0.1) is 5.69 Å². The largest absolute Gasteiger partial charge is 0.293 e. The lowest BCUT2D eigenvalue weighted by atomic mass is 9.79. The maximum Gasteiger partial charge on any atom is 0.250 e. The van der Waals surface area contributed by atoms with Gasteiger partial charge in [-0.25, -0.2) is 4.52 Å². The molecule has 2 aromatic heterocycles. The van der Waals surface area contributed by atoms with Crippen LogP contribution in [0, 0.1) is 11.8 Å². The molecule has 4 rings (SSSR count). The normalized spacial score (nSPS) is 20.0. The van der Waals surface area contributed by atoms with Crippen molar-refractivity contribution in [3.05, 3.63) is 35.7 Å². The fraction of sp³-hybridized carbons (Fsp3) is 0.476. The number of unbranched alkanes of at least 4 members (excludes halogenated alkanes) is 1. The molecular formula is C21H26N4OS. The van der Waals surface area contributed by atoms with E-state index in [0.29, 0.717) is 5.95 Å². The SMILES string of the molecule is CCCCC1CCC(C(=O)Nc2nc3scc(-c4ccccc4)n3n2)CC1. The van der Waals surface area contributed by atoms with Crippen LogP contribution in [0.3, 0.4) is 0 Å². The summed E-state index contributed by atoms with van der Waals surface area (Å²) in [6.07, 6.45) is 8.18. The second kappa shape index (κ2) is 8.21. The van der Waals surface area contributed by atoms with Crippen LogP contribution in [-0.2, 0) is 4.79 Å². The van der Waals surface area contributed by atoms with Gasteiger partial charge in [-0.3, -0.25) is 10.1 Å². The highest BCUT2D eigenvalue weighted by molar-refractivity contribution is 7.15. The zero-order valence-corrected chi connectivity index (χ0v) is 16.5. The Bertz CT molecular complexity index is 893. The number of carbonyl (C=O) groups is 1. The lowest BCUT2D eigenvalue weighted by Gasteiger charge is -2.27. The number of nitrogens with one attached hydrogen (secondary N) is 1. The average molecular weight is 383 g/mol. The van der Waals surface area contributed by atoms with Crippen molar-refractivity contribution in [2.24, 2.45) is 11.8 Å². The van der Waals surface area contributed by atoms with Crippen molar-refractivity contribution in [1.29, 1.82) is 0 Å². The van der Waals surface area contributed by atoms with Crippen molar-refractivity contribution in [3.63, 3.8) is 0 Å². The van der Waals surface area contributed by atoms with Gasteiger partial charge in [0.25, 0.3) is 0 Å². The fourth-order valence-corrected chi connectivity index (χ4v) is 4.79. The van der Waals surface area contributed by atoms with Gasteiger partial charge in [-0.15, -0.1) is 16.4 Å². The van der Waals surface area contributed by atoms with Gasteiger partial charge in [0.1, 0.15) is 0 Å². The van der Waals surface area contributed by atoms with Crippen LogP contribution < -0.4 is 5.32 Å². The third-order valence-electron chi connectivity index (χ3n) is 5.57. The van der Waals surface area contributed by atoms with Crippen LogP contribution >= 0.6 is 11.3 Å². The number of nitrogens with zero attached hydrogens (tertiary/aromatic N) is 3. The molecule has 0 bridgehead atoms. The number of benzene rings is 1. The minimum Gasteiger partial charge on any atom is -0.293 e. The lowest BCUT2D eigenvalue weighted by molar-refractivity contribution is -0.121. The van der Waals surface area contributed by atoms with E-state index in [0.717, 1.165) is 35.0 Å². The number of fused-ring (bicyclic) bond motifs is 1. The predicted octanol–water partition coefficient (Wildman–Crippen LogP) is 5.39. The topological polar surface area (TPSA) is 59.3 Å². The number of rotatable bonds is 6. The van der Waals surface area contributed by atoms with E-state index in [-0.39, 0.29) is 11.8 Å². The molecule has 3 aromatic rings. The highest BCUT2D eigenvalue weighted by atomic mass is 32.1. The fourth-order valence-electron chi connectivity index (χ4n) is 3.96. The molecule has 0 saturated heterocycles. The number of hydrogen-bond donors (Lipinski definition) is 1. The Morgan fingerprint density at radius 2 is 2.00 bits per heavy atom. The van der Waals surface area contributed by atoms with E-state index in [4.69, 9.17) is 0 Å². The smallest absolute Gasteiger partial charge is 0.250 e. The number of anilines is 1. The second-order valence-corrected chi connectivity index (χ2v) is 8.30. The molecule has 0 spiro atoms. The number of aromatic nitrogens is 3. The third-order valence-corrected chi connectivity index (χ3v) is 6.39. The summed E-state index contributed by atoms with van der Waals surface area (Å²) in [4.78, 5) is 17.9. The molecule has 1 aliphatic rings.